The number of carbonyl (C=O) groups excluding carboxylic acids is 1. The van der Waals surface area contributed by atoms with Crippen molar-refractivity contribution in [1.29, 1.82) is 0 Å². The Hall–Kier alpha value is -3.36. The number of carbonyl (C=O) groups is 1. The van der Waals surface area contributed by atoms with E-state index in [0.717, 1.165) is 5.56 Å². The van der Waals surface area contributed by atoms with E-state index in [1.165, 1.54) is 12.1 Å². The Morgan fingerprint density at radius 2 is 1.61 bits per heavy atom. The first-order chi connectivity index (χ1) is 15.8. The summed E-state index contributed by atoms with van der Waals surface area (Å²) in [6.45, 7) is 0.608. The van der Waals surface area contributed by atoms with Gasteiger partial charge in [-0.15, -0.1) is 0 Å². The van der Waals surface area contributed by atoms with Crippen LogP contribution in [0.2, 0.25) is 0 Å². The molecule has 3 aromatic carbocycles. The van der Waals surface area contributed by atoms with E-state index in [-0.39, 0.29) is 36.4 Å². The summed E-state index contributed by atoms with van der Waals surface area (Å²) in [6, 6.07) is 20.8. The van der Waals surface area contributed by atoms with Crippen LogP contribution >= 0.6 is 0 Å². The zero-order valence-corrected chi connectivity index (χ0v) is 18.6. The van der Waals surface area contributed by atoms with Crippen LogP contribution in [0.25, 0.3) is 0 Å². The Morgan fingerprint density at radius 1 is 0.909 bits per heavy atom. The lowest BCUT2D eigenvalue weighted by Gasteiger charge is -2.46. The minimum Gasteiger partial charge on any atom is -0.454 e. The van der Waals surface area contributed by atoms with Gasteiger partial charge in [-0.1, -0.05) is 42.5 Å². The Kier molecular flexibility index (Phi) is 5.34. The molecule has 0 bridgehead atoms. The van der Waals surface area contributed by atoms with Gasteiger partial charge in [-0.2, -0.15) is 0 Å². The van der Waals surface area contributed by atoms with Crippen molar-refractivity contribution in [2.24, 2.45) is 0 Å². The molecule has 0 saturated carbocycles. The molecular formula is C25H23NO6S. The van der Waals surface area contributed by atoms with E-state index >= 15 is 0 Å². The SMILES string of the molecule is O=C(c1ccc(CS(=O)(=O)c2ccc3c(c2)OCO3)cc1)N1CC(O)(Cc2ccccc2)C1. The van der Waals surface area contributed by atoms with Crippen molar-refractivity contribution < 1.29 is 27.8 Å². The molecule has 0 radical (unpaired) electrons. The first-order valence-electron chi connectivity index (χ1n) is 10.6. The van der Waals surface area contributed by atoms with Crippen LogP contribution in [-0.4, -0.2) is 49.8 Å². The summed E-state index contributed by atoms with van der Waals surface area (Å²) in [5.41, 5.74) is 1.14. The summed E-state index contributed by atoms with van der Waals surface area (Å²) in [5, 5.41) is 10.7. The van der Waals surface area contributed by atoms with E-state index in [4.69, 9.17) is 9.47 Å². The monoisotopic (exact) mass is 465 g/mol. The zero-order valence-electron chi connectivity index (χ0n) is 17.8. The molecule has 1 fully saturated rings. The largest absolute Gasteiger partial charge is 0.454 e. The van der Waals surface area contributed by atoms with Gasteiger partial charge in [-0.3, -0.25) is 4.79 Å². The van der Waals surface area contributed by atoms with Crippen molar-refractivity contribution in [3.8, 4) is 11.5 Å². The second-order valence-corrected chi connectivity index (χ2v) is 10.5. The van der Waals surface area contributed by atoms with Crippen LogP contribution in [0.5, 0.6) is 11.5 Å². The highest BCUT2D eigenvalue weighted by Gasteiger charge is 2.43. The lowest BCUT2D eigenvalue weighted by Crippen LogP contribution is -2.64. The van der Waals surface area contributed by atoms with Crippen LogP contribution in [0.3, 0.4) is 0 Å². The van der Waals surface area contributed by atoms with Gasteiger partial charge in [0.05, 0.1) is 23.7 Å². The Balaban J connectivity index is 1.21. The summed E-state index contributed by atoms with van der Waals surface area (Å²) in [5.74, 6) is 0.567. The van der Waals surface area contributed by atoms with E-state index in [9.17, 15) is 18.3 Å². The fraction of sp³-hybridized carbons (Fsp3) is 0.240. The molecule has 2 aliphatic heterocycles. The highest BCUT2D eigenvalue weighted by Crippen LogP contribution is 2.34. The van der Waals surface area contributed by atoms with Gasteiger partial charge in [0.1, 0.15) is 5.60 Å². The molecule has 0 aliphatic carbocycles. The highest BCUT2D eigenvalue weighted by molar-refractivity contribution is 7.90. The normalized spacial score (nSPS) is 16.3. The quantitative estimate of drug-likeness (QED) is 0.602. The molecule has 1 N–H and O–H groups in total. The maximum absolute atomic E-state index is 12.8. The second-order valence-electron chi connectivity index (χ2n) is 8.52. The molecule has 0 aromatic heterocycles. The number of likely N-dealkylation sites (tertiary alicyclic amines) is 1. The topological polar surface area (TPSA) is 93.1 Å². The summed E-state index contributed by atoms with van der Waals surface area (Å²) >= 11 is 0. The number of rotatable bonds is 6. The molecule has 8 heteroatoms. The molecule has 2 heterocycles. The Labute approximate surface area is 192 Å². The smallest absolute Gasteiger partial charge is 0.254 e. The number of benzene rings is 3. The molecule has 1 saturated heterocycles. The van der Waals surface area contributed by atoms with E-state index in [1.54, 1.807) is 35.2 Å². The predicted molar refractivity (Wildman–Crippen MR) is 121 cm³/mol. The number of ether oxygens (including phenoxy) is 2. The molecule has 170 valence electrons. The van der Waals surface area contributed by atoms with Crippen LogP contribution in [-0.2, 0) is 22.0 Å². The number of aliphatic hydroxyl groups is 1. The number of β-amino-alcohol motifs (C(OH)–C–C–N with tert-alkyl or cyclic N) is 1. The lowest BCUT2D eigenvalue weighted by molar-refractivity contribution is -0.0799. The first kappa shape index (κ1) is 21.5. The highest BCUT2D eigenvalue weighted by atomic mass is 32.2. The lowest BCUT2D eigenvalue weighted by atomic mass is 9.86. The third kappa shape index (κ3) is 4.44. The average Bonchev–Trinajstić information content (AvgIpc) is 3.26. The summed E-state index contributed by atoms with van der Waals surface area (Å²) < 4.78 is 36.1. The average molecular weight is 466 g/mol. The standard InChI is InChI=1S/C25H23NO6S/c27-24(26-15-25(28,16-26)13-18-4-2-1-3-5-18)20-8-6-19(7-9-20)14-33(29,30)21-10-11-22-23(12-21)32-17-31-22/h1-12,28H,13-17H2. The molecule has 2 aliphatic rings. The maximum Gasteiger partial charge on any atom is 0.254 e. The van der Waals surface area contributed by atoms with Gasteiger partial charge in [0.15, 0.2) is 21.3 Å². The fourth-order valence-electron chi connectivity index (χ4n) is 4.19. The van der Waals surface area contributed by atoms with Crippen molar-refractivity contribution in [3.63, 3.8) is 0 Å². The number of sulfone groups is 1. The van der Waals surface area contributed by atoms with Crippen LogP contribution in [0.15, 0.2) is 77.7 Å². The summed E-state index contributed by atoms with van der Waals surface area (Å²) in [4.78, 5) is 14.5. The van der Waals surface area contributed by atoms with E-state index in [2.05, 4.69) is 0 Å². The fourth-order valence-corrected chi connectivity index (χ4v) is 5.55. The number of hydrogen-bond donors (Lipinski definition) is 1. The molecular weight excluding hydrogens is 442 g/mol. The molecule has 0 atom stereocenters. The molecule has 33 heavy (non-hydrogen) atoms. The first-order valence-corrected chi connectivity index (χ1v) is 12.2. The molecule has 3 aromatic rings. The van der Waals surface area contributed by atoms with Gasteiger partial charge in [0, 0.05) is 18.1 Å². The zero-order chi connectivity index (χ0) is 23.1. The van der Waals surface area contributed by atoms with Gasteiger partial charge < -0.3 is 19.5 Å². The van der Waals surface area contributed by atoms with E-state index in [1.807, 2.05) is 30.3 Å². The second kappa shape index (κ2) is 8.20. The minimum absolute atomic E-state index is 0.0784. The third-order valence-electron chi connectivity index (χ3n) is 5.89. The van der Waals surface area contributed by atoms with Crippen LogP contribution in [0.1, 0.15) is 21.5 Å². The summed E-state index contributed by atoms with van der Waals surface area (Å²) in [6.07, 6.45) is 0.494. The van der Waals surface area contributed by atoms with Gasteiger partial charge in [0.25, 0.3) is 5.91 Å². The van der Waals surface area contributed by atoms with E-state index < -0.39 is 15.4 Å². The molecule has 1 amide bonds. The number of nitrogens with zero attached hydrogens (tertiary/aromatic N) is 1. The van der Waals surface area contributed by atoms with Gasteiger partial charge >= 0.3 is 0 Å². The Bertz CT molecular complexity index is 1280. The van der Waals surface area contributed by atoms with Gasteiger partial charge in [-0.05, 0) is 35.4 Å². The van der Waals surface area contributed by atoms with Crippen LogP contribution in [0, 0.1) is 0 Å². The van der Waals surface area contributed by atoms with Crippen LogP contribution < -0.4 is 9.47 Å². The number of amides is 1. The van der Waals surface area contributed by atoms with Crippen LogP contribution in [0.4, 0.5) is 0 Å². The van der Waals surface area contributed by atoms with Gasteiger partial charge in [-0.25, -0.2) is 8.42 Å². The van der Waals surface area contributed by atoms with Crippen molar-refractivity contribution in [2.45, 2.75) is 22.7 Å². The molecule has 7 nitrogen and oxygen atoms in total. The van der Waals surface area contributed by atoms with E-state index in [0.29, 0.717) is 29.0 Å². The maximum atomic E-state index is 12.8. The molecule has 0 spiro atoms. The van der Waals surface area contributed by atoms with Crippen molar-refractivity contribution in [3.05, 3.63) is 89.5 Å². The Morgan fingerprint density at radius 3 is 2.33 bits per heavy atom. The van der Waals surface area contributed by atoms with Crippen molar-refractivity contribution >= 4 is 15.7 Å². The number of fused-ring (bicyclic) bond motifs is 1. The van der Waals surface area contributed by atoms with Gasteiger partial charge in [0.2, 0.25) is 6.79 Å². The number of hydrogen-bond acceptors (Lipinski definition) is 6. The van der Waals surface area contributed by atoms with Crippen molar-refractivity contribution in [1.82, 2.24) is 4.90 Å². The third-order valence-corrected chi connectivity index (χ3v) is 7.58. The molecule has 5 rings (SSSR count). The predicted octanol–water partition coefficient (Wildman–Crippen LogP) is 2.82. The van der Waals surface area contributed by atoms with Crippen molar-refractivity contribution in [2.75, 3.05) is 19.9 Å². The molecule has 0 unspecified atom stereocenters. The summed E-state index contributed by atoms with van der Waals surface area (Å²) in [7, 11) is -3.59. The minimum atomic E-state index is -3.59.